The van der Waals surface area contributed by atoms with Crippen LogP contribution in [0.4, 0.5) is 5.69 Å². The number of benzene rings is 1. The number of carbonyl (C=O) groups is 1. The van der Waals surface area contributed by atoms with Gasteiger partial charge in [-0.1, -0.05) is 18.2 Å². The van der Waals surface area contributed by atoms with E-state index in [1.54, 1.807) is 18.6 Å². The van der Waals surface area contributed by atoms with Gasteiger partial charge in [-0.25, -0.2) is 0 Å². The number of hydrogen-bond acceptors (Lipinski definition) is 5. The Kier molecular flexibility index (Phi) is 4.46. The Morgan fingerprint density at radius 3 is 2.96 bits per heavy atom. The van der Waals surface area contributed by atoms with Gasteiger partial charge in [0.15, 0.2) is 0 Å². The van der Waals surface area contributed by atoms with Crippen molar-refractivity contribution in [2.45, 2.75) is 18.9 Å². The molecule has 1 saturated heterocycles. The Hall–Kier alpha value is -2.31. The Morgan fingerprint density at radius 1 is 1.24 bits per heavy atom. The number of fused-ring (bicyclic) bond motifs is 1. The van der Waals surface area contributed by atoms with Gasteiger partial charge in [0.25, 0.3) is 0 Å². The minimum absolute atomic E-state index is 0.0929. The molecule has 1 fully saturated rings. The summed E-state index contributed by atoms with van der Waals surface area (Å²) in [6.07, 6.45) is 6.23. The van der Waals surface area contributed by atoms with Gasteiger partial charge in [-0.05, 0) is 24.5 Å². The minimum Gasteiger partial charge on any atom is -0.391 e. The van der Waals surface area contributed by atoms with Gasteiger partial charge in [0.05, 0.1) is 18.3 Å². The Morgan fingerprint density at radius 2 is 2.12 bits per heavy atom. The second-order valence-electron chi connectivity index (χ2n) is 6.85. The average molecular weight is 338 g/mol. The first kappa shape index (κ1) is 16.2. The Balaban J connectivity index is 1.37. The van der Waals surface area contributed by atoms with E-state index in [0.717, 1.165) is 24.3 Å². The van der Waals surface area contributed by atoms with Crippen LogP contribution in [-0.4, -0.2) is 58.2 Å². The monoisotopic (exact) mass is 338 g/mol. The molecule has 4 rings (SSSR count). The van der Waals surface area contributed by atoms with Crippen molar-refractivity contribution in [3.05, 3.63) is 54.1 Å². The van der Waals surface area contributed by atoms with Crippen molar-refractivity contribution >= 4 is 11.6 Å². The molecule has 6 heteroatoms. The number of nitrogens with zero attached hydrogens (tertiary/aromatic N) is 4. The number of aliphatic hydroxyl groups excluding tert-OH is 1. The summed E-state index contributed by atoms with van der Waals surface area (Å²) in [5.74, 6) is 0.202. The first-order valence-electron chi connectivity index (χ1n) is 8.74. The summed E-state index contributed by atoms with van der Waals surface area (Å²) in [4.78, 5) is 25.0. The van der Waals surface area contributed by atoms with Gasteiger partial charge >= 0.3 is 0 Å². The van der Waals surface area contributed by atoms with Crippen LogP contribution in [0.3, 0.4) is 0 Å². The van der Waals surface area contributed by atoms with Crippen molar-refractivity contribution in [3.63, 3.8) is 0 Å². The highest BCUT2D eigenvalue weighted by atomic mass is 16.3. The van der Waals surface area contributed by atoms with E-state index in [1.807, 2.05) is 23.1 Å². The second kappa shape index (κ2) is 6.90. The van der Waals surface area contributed by atoms with Crippen LogP contribution in [0.15, 0.2) is 42.9 Å². The van der Waals surface area contributed by atoms with Crippen molar-refractivity contribution in [3.8, 4) is 0 Å². The molecule has 130 valence electrons. The van der Waals surface area contributed by atoms with Crippen LogP contribution in [0.1, 0.15) is 11.3 Å². The van der Waals surface area contributed by atoms with E-state index < -0.39 is 6.10 Å². The summed E-state index contributed by atoms with van der Waals surface area (Å²) in [5.41, 5.74) is 3.15. The van der Waals surface area contributed by atoms with Crippen LogP contribution < -0.4 is 4.90 Å². The molecule has 0 bridgehead atoms. The largest absolute Gasteiger partial charge is 0.391 e. The third kappa shape index (κ3) is 3.41. The van der Waals surface area contributed by atoms with Crippen LogP contribution in [-0.2, 0) is 17.6 Å². The standard InChI is InChI=1S/C19H22N4O2/c24-18-12-22(11-15(18)9-16-10-20-6-7-21-16)13-19(25)23-8-5-14-3-1-2-4-17(14)23/h1-4,6-7,10,15,18,24H,5,8-9,11-13H2/t15-,18-/m1/s1. The van der Waals surface area contributed by atoms with Gasteiger partial charge in [-0.3, -0.25) is 19.7 Å². The molecule has 1 aromatic heterocycles. The number of aromatic nitrogens is 2. The maximum atomic E-state index is 12.7. The summed E-state index contributed by atoms with van der Waals surface area (Å²) in [6, 6.07) is 8.08. The third-order valence-electron chi connectivity index (χ3n) is 5.12. The number of hydrogen-bond donors (Lipinski definition) is 1. The van der Waals surface area contributed by atoms with Crippen LogP contribution in [0.2, 0.25) is 0 Å². The number of rotatable bonds is 4. The number of carbonyl (C=O) groups excluding carboxylic acids is 1. The zero-order valence-electron chi connectivity index (χ0n) is 14.1. The van der Waals surface area contributed by atoms with Crippen molar-refractivity contribution in [2.75, 3.05) is 31.1 Å². The van der Waals surface area contributed by atoms with E-state index in [-0.39, 0.29) is 11.8 Å². The molecule has 2 atom stereocenters. The van der Waals surface area contributed by atoms with Crippen LogP contribution in [0.5, 0.6) is 0 Å². The van der Waals surface area contributed by atoms with E-state index in [1.165, 1.54) is 5.56 Å². The van der Waals surface area contributed by atoms with Crippen LogP contribution >= 0.6 is 0 Å². The van der Waals surface area contributed by atoms with Gasteiger partial charge in [0.1, 0.15) is 0 Å². The van der Waals surface area contributed by atoms with E-state index in [4.69, 9.17) is 0 Å². The summed E-state index contributed by atoms with van der Waals surface area (Å²) >= 11 is 0. The molecule has 0 aliphatic carbocycles. The smallest absolute Gasteiger partial charge is 0.241 e. The third-order valence-corrected chi connectivity index (χ3v) is 5.12. The summed E-state index contributed by atoms with van der Waals surface area (Å²) < 4.78 is 0. The van der Waals surface area contributed by atoms with Crippen molar-refractivity contribution < 1.29 is 9.90 Å². The number of anilines is 1. The summed E-state index contributed by atoms with van der Waals surface area (Å²) in [6.45, 7) is 2.34. The van der Waals surface area contributed by atoms with E-state index in [9.17, 15) is 9.90 Å². The number of β-amino-alcohol motifs (C(OH)–C–C–N with tert-alkyl or cyclic N) is 1. The van der Waals surface area contributed by atoms with Gasteiger partial charge < -0.3 is 10.0 Å². The molecular formula is C19H22N4O2. The lowest BCUT2D eigenvalue weighted by atomic mass is 10.0. The van der Waals surface area contributed by atoms with Crippen molar-refractivity contribution in [1.82, 2.24) is 14.9 Å². The number of aliphatic hydroxyl groups is 1. The fourth-order valence-corrected chi connectivity index (χ4v) is 3.85. The molecule has 1 amide bonds. The molecule has 3 heterocycles. The van der Waals surface area contributed by atoms with E-state index in [2.05, 4.69) is 20.9 Å². The lowest BCUT2D eigenvalue weighted by Crippen LogP contribution is -2.39. The molecule has 6 nitrogen and oxygen atoms in total. The van der Waals surface area contributed by atoms with Gasteiger partial charge in [0, 0.05) is 49.8 Å². The molecule has 2 aromatic rings. The number of para-hydroxylation sites is 1. The molecule has 0 saturated carbocycles. The average Bonchev–Trinajstić information content (AvgIpc) is 3.19. The van der Waals surface area contributed by atoms with Gasteiger partial charge in [-0.15, -0.1) is 0 Å². The SMILES string of the molecule is O=C(CN1C[C@@H](Cc2cnccn2)[C@H](O)C1)N1CCc2ccccc21. The van der Waals surface area contributed by atoms with Crippen LogP contribution in [0.25, 0.3) is 0 Å². The van der Waals surface area contributed by atoms with Crippen molar-refractivity contribution in [1.29, 1.82) is 0 Å². The molecule has 2 aliphatic heterocycles. The molecule has 1 aromatic carbocycles. The molecule has 0 unspecified atom stereocenters. The first-order valence-corrected chi connectivity index (χ1v) is 8.74. The number of amides is 1. The minimum atomic E-state index is -0.430. The second-order valence-corrected chi connectivity index (χ2v) is 6.85. The molecule has 25 heavy (non-hydrogen) atoms. The zero-order valence-corrected chi connectivity index (χ0v) is 14.1. The molecule has 1 N–H and O–H groups in total. The molecule has 2 aliphatic rings. The normalized spacial score (nSPS) is 23.0. The lowest BCUT2D eigenvalue weighted by Gasteiger charge is -2.21. The van der Waals surface area contributed by atoms with Gasteiger partial charge in [0.2, 0.25) is 5.91 Å². The highest BCUT2D eigenvalue weighted by Gasteiger charge is 2.34. The Labute approximate surface area is 147 Å². The zero-order chi connectivity index (χ0) is 17.2. The fraction of sp³-hybridized carbons (Fsp3) is 0.421. The predicted octanol–water partition coefficient (Wildman–Crippen LogP) is 0.901. The molecular weight excluding hydrogens is 316 g/mol. The molecule has 0 spiro atoms. The number of likely N-dealkylation sites (tertiary alicyclic amines) is 1. The predicted molar refractivity (Wildman–Crippen MR) is 94.2 cm³/mol. The maximum absolute atomic E-state index is 12.7. The van der Waals surface area contributed by atoms with E-state index >= 15 is 0 Å². The summed E-state index contributed by atoms with van der Waals surface area (Å²) in [7, 11) is 0. The summed E-state index contributed by atoms with van der Waals surface area (Å²) in [5, 5.41) is 10.3. The van der Waals surface area contributed by atoms with Gasteiger partial charge in [-0.2, -0.15) is 0 Å². The quantitative estimate of drug-likeness (QED) is 0.897. The Bertz CT molecular complexity index is 752. The van der Waals surface area contributed by atoms with E-state index in [0.29, 0.717) is 26.1 Å². The highest BCUT2D eigenvalue weighted by Crippen LogP contribution is 2.28. The first-order chi connectivity index (χ1) is 12.2. The maximum Gasteiger partial charge on any atom is 0.241 e. The lowest BCUT2D eigenvalue weighted by molar-refractivity contribution is -0.119. The topological polar surface area (TPSA) is 69.6 Å². The van der Waals surface area contributed by atoms with Crippen molar-refractivity contribution in [2.24, 2.45) is 5.92 Å². The molecule has 0 radical (unpaired) electrons. The highest BCUT2D eigenvalue weighted by molar-refractivity contribution is 5.96. The van der Waals surface area contributed by atoms with Crippen LogP contribution in [0, 0.1) is 5.92 Å². The fourth-order valence-electron chi connectivity index (χ4n) is 3.85.